The average Bonchev–Trinajstić information content (AvgIpc) is 2.46. The second-order valence-electron chi connectivity index (χ2n) is 5.50. The zero-order chi connectivity index (χ0) is 16.1. The van der Waals surface area contributed by atoms with E-state index in [1.54, 1.807) is 12.1 Å². The molecule has 0 saturated carbocycles. The molecule has 0 aliphatic carbocycles. The Morgan fingerprint density at radius 3 is 2.77 bits per heavy atom. The first-order valence-corrected chi connectivity index (χ1v) is 7.54. The third-order valence-corrected chi connectivity index (χ3v) is 3.98. The number of likely N-dealkylation sites (tertiary alicyclic amines) is 1. The summed E-state index contributed by atoms with van der Waals surface area (Å²) in [4.78, 5) is 24.2. The van der Waals surface area contributed by atoms with Gasteiger partial charge in [0.25, 0.3) is 5.91 Å². The SMILES string of the molecule is NC(=O)COc1ccc(CN2CCC[C@@H](C(N)=O)C2)cc1Cl. The van der Waals surface area contributed by atoms with Crippen LogP contribution in [0.15, 0.2) is 18.2 Å². The highest BCUT2D eigenvalue weighted by Crippen LogP contribution is 2.27. The van der Waals surface area contributed by atoms with Gasteiger partial charge in [0.05, 0.1) is 10.9 Å². The molecule has 4 N–H and O–H groups in total. The maximum absolute atomic E-state index is 11.3. The normalized spacial score (nSPS) is 18.9. The van der Waals surface area contributed by atoms with Crippen LogP contribution in [0.5, 0.6) is 5.75 Å². The minimum absolute atomic E-state index is 0.0811. The van der Waals surface area contributed by atoms with Gasteiger partial charge in [-0.25, -0.2) is 0 Å². The lowest BCUT2D eigenvalue weighted by atomic mass is 9.97. The molecule has 1 atom stereocenters. The largest absolute Gasteiger partial charge is 0.482 e. The molecule has 2 amide bonds. The van der Waals surface area contributed by atoms with E-state index in [1.165, 1.54) is 0 Å². The van der Waals surface area contributed by atoms with E-state index in [9.17, 15) is 9.59 Å². The molecule has 6 nitrogen and oxygen atoms in total. The number of halogens is 1. The maximum Gasteiger partial charge on any atom is 0.255 e. The Bertz CT molecular complexity index is 565. The van der Waals surface area contributed by atoms with Crippen LogP contribution in [0.3, 0.4) is 0 Å². The molecule has 120 valence electrons. The molecule has 1 heterocycles. The minimum Gasteiger partial charge on any atom is -0.482 e. The summed E-state index contributed by atoms with van der Waals surface area (Å²) in [6, 6.07) is 5.40. The van der Waals surface area contributed by atoms with Gasteiger partial charge in [0.2, 0.25) is 5.91 Å². The number of hydrogen-bond donors (Lipinski definition) is 2. The second-order valence-corrected chi connectivity index (χ2v) is 5.90. The van der Waals surface area contributed by atoms with Gasteiger partial charge >= 0.3 is 0 Å². The van der Waals surface area contributed by atoms with Crippen LogP contribution in [0.2, 0.25) is 5.02 Å². The highest BCUT2D eigenvalue weighted by atomic mass is 35.5. The Morgan fingerprint density at radius 1 is 1.36 bits per heavy atom. The number of primary amides is 2. The molecule has 0 aromatic heterocycles. The van der Waals surface area contributed by atoms with Gasteiger partial charge in [-0.05, 0) is 37.1 Å². The molecular formula is C15H20ClN3O3. The number of carbonyl (C=O) groups excluding carboxylic acids is 2. The predicted octanol–water partition coefficient (Wildman–Crippen LogP) is 0.901. The van der Waals surface area contributed by atoms with Gasteiger partial charge in [0.1, 0.15) is 5.75 Å². The molecule has 22 heavy (non-hydrogen) atoms. The standard InChI is InChI=1S/C15H20ClN3O3/c16-12-6-10(3-4-13(12)22-9-14(17)20)7-19-5-1-2-11(8-19)15(18)21/h3-4,6,11H,1-2,5,7-9H2,(H2,17,20)(H2,18,21)/t11-/m1/s1. The summed E-state index contributed by atoms with van der Waals surface area (Å²) >= 11 is 6.14. The van der Waals surface area contributed by atoms with Crippen molar-refractivity contribution < 1.29 is 14.3 Å². The van der Waals surface area contributed by atoms with Crippen molar-refractivity contribution in [2.75, 3.05) is 19.7 Å². The van der Waals surface area contributed by atoms with Crippen LogP contribution in [-0.2, 0) is 16.1 Å². The first-order chi connectivity index (χ1) is 10.5. The highest BCUT2D eigenvalue weighted by Gasteiger charge is 2.23. The Hall–Kier alpha value is -1.79. The third-order valence-electron chi connectivity index (χ3n) is 3.68. The van der Waals surface area contributed by atoms with E-state index in [0.717, 1.165) is 24.9 Å². The number of nitrogens with two attached hydrogens (primary N) is 2. The minimum atomic E-state index is -0.550. The summed E-state index contributed by atoms with van der Waals surface area (Å²) in [5, 5.41) is 0.433. The number of amides is 2. The van der Waals surface area contributed by atoms with Crippen molar-refractivity contribution >= 4 is 23.4 Å². The van der Waals surface area contributed by atoms with Crippen LogP contribution in [0.1, 0.15) is 18.4 Å². The molecule has 0 radical (unpaired) electrons. The van der Waals surface area contributed by atoms with Crippen molar-refractivity contribution in [2.45, 2.75) is 19.4 Å². The van der Waals surface area contributed by atoms with Crippen LogP contribution in [0.4, 0.5) is 0 Å². The van der Waals surface area contributed by atoms with Crippen molar-refractivity contribution in [3.05, 3.63) is 28.8 Å². The molecule has 1 aromatic rings. The van der Waals surface area contributed by atoms with Gasteiger partial charge in [-0.2, -0.15) is 0 Å². The Morgan fingerprint density at radius 2 is 2.14 bits per heavy atom. The van der Waals surface area contributed by atoms with Gasteiger partial charge in [-0.3, -0.25) is 14.5 Å². The molecule has 1 aliphatic rings. The summed E-state index contributed by atoms with van der Waals surface area (Å²) in [6.07, 6.45) is 1.81. The third kappa shape index (κ3) is 4.61. The fourth-order valence-electron chi connectivity index (χ4n) is 2.60. The first kappa shape index (κ1) is 16.6. The number of piperidine rings is 1. The van der Waals surface area contributed by atoms with Gasteiger partial charge < -0.3 is 16.2 Å². The number of rotatable bonds is 6. The van der Waals surface area contributed by atoms with Crippen LogP contribution >= 0.6 is 11.6 Å². The van der Waals surface area contributed by atoms with Crippen LogP contribution in [0, 0.1) is 5.92 Å². The number of benzene rings is 1. The number of carbonyl (C=O) groups is 2. The Kier molecular flexibility index (Phi) is 5.63. The van der Waals surface area contributed by atoms with E-state index in [4.69, 9.17) is 27.8 Å². The highest BCUT2D eigenvalue weighted by molar-refractivity contribution is 6.32. The predicted molar refractivity (Wildman–Crippen MR) is 83.3 cm³/mol. The van der Waals surface area contributed by atoms with Crippen molar-refractivity contribution in [1.29, 1.82) is 0 Å². The van der Waals surface area contributed by atoms with Gasteiger partial charge in [0, 0.05) is 13.1 Å². The van der Waals surface area contributed by atoms with Crippen molar-refractivity contribution in [2.24, 2.45) is 17.4 Å². The number of hydrogen-bond acceptors (Lipinski definition) is 4. The maximum atomic E-state index is 11.3. The van der Waals surface area contributed by atoms with E-state index in [1.807, 2.05) is 6.07 Å². The number of nitrogens with zero attached hydrogens (tertiary/aromatic N) is 1. The molecule has 0 spiro atoms. The van der Waals surface area contributed by atoms with Crippen LogP contribution < -0.4 is 16.2 Å². The molecular weight excluding hydrogens is 306 g/mol. The fraction of sp³-hybridized carbons (Fsp3) is 0.467. The molecule has 1 saturated heterocycles. The topological polar surface area (TPSA) is 98.7 Å². The summed E-state index contributed by atoms with van der Waals surface area (Å²) in [7, 11) is 0. The molecule has 0 bridgehead atoms. The van der Waals surface area contributed by atoms with Gasteiger partial charge in [-0.15, -0.1) is 0 Å². The van der Waals surface area contributed by atoms with E-state index >= 15 is 0 Å². The summed E-state index contributed by atoms with van der Waals surface area (Å²) in [5.41, 5.74) is 11.4. The van der Waals surface area contributed by atoms with E-state index < -0.39 is 5.91 Å². The molecule has 2 rings (SSSR count). The van der Waals surface area contributed by atoms with Gasteiger partial charge in [0.15, 0.2) is 6.61 Å². The lowest BCUT2D eigenvalue weighted by molar-refractivity contribution is -0.123. The monoisotopic (exact) mass is 325 g/mol. The van der Waals surface area contributed by atoms with Crippen molar-refractivity contribution in [1.82, 2.24) is 4.90 Å². The second kappa shape index (κ2) is 7.47. The molecule has 0 unspecified atom stereocenters. The summed E-state index contributed by atoms with van der Waals surface area (Å²) in [5.74, 6) is -0.441. The molecule has 1 fully saturated rings. The van der Waals surface area contributed by atoms with E-state index in [0.29, 0.717) is 23.9 Å². The smallest absolute Gasteiger partial charge is 0.255 e. The average molecular weight is 326 g/mol. The van der Waals surface area contributed by atoms with E-state index in [2.05, 4.69) is 4.90 Å². The zero-order valence-corrected chi connectivity index (χ0v) is 13.0. The van der Waals surface area contributed by atoms with Gasteiger partial charge in [-0.1, -0.05) is 17.7 Å². The van der Waals surface area contributed by atoms with Crippen molar-refractivity contribution in [3.8, 4) is 5.75 Å². The lowest BCUT2D eigenvalue weighted by Crippen LogP contribution is -2.40. The van der Waals surface area contributed by atoms with E-state index in [-0.39, 0.29) is 18.4 Å². The Labute approximate surface area is 134 Å². The summed E-state index contributed by atoms with van der Waals surface area (Å²) in [6.45, 7) is 2.10. The van der Waals surface area contributed by atoms with Crippen LogP contribution in [-0.4, -0.2) is 36.4 Å². The quantitative estimate of drug-likeness (QED) is 0.811. The molecule has 1 aromatic carbocycles. The molecule has 1 aliphatic heterocycles. The Balaban J connectivity index is 1.97. The molecule has 7 heteroatoms. The first-order valence-electron chi connectivity index (χ1n) is 7.17. The summed E-state index contributed by atoms with van der Waals surface area (Å²) < 4.78 is 5.21. The fourth-order valence-corrected chi connectivity index (χ4v) is 2.86. The number of ether oxygens (including phenoxy) is 1. The van der Waals surface area contributed by atoms with Crippen LogP contribution in [0.25, 0.3) is 0 Å². The zero-order valence-electron chi connectivity index (χ0n) is 12.3. The lowest BCUT2D eigenvalue weighted by Gasteiger charge is -2.31. The van der Waals surface area contributed by atoms with Crippen molar-refractivity contribution in [3.63, 3.8) is 0 Å².